The number of hydrogen-bond acceptors (Lipinski definition) is 9. The number of aliphatic hydroxyl groups excluding tert-OH is 1. The largest absolute Gasteiger partial charge is 0.503 e. The summed E-state index contributed by atoms with van der Waals surface area (Å²) in [6, 6.07) is 6.14. The van der Waals surface area contributed by atoms with Crippen molar-refractivity contribution in [1.29, 1.82) is 0 Å². The van der Waals surface area contributed by atoms with Crippen molar-refractivity contribution in [3.63, 3.8) is 0 Å². The standard InChI is InChI=1S/C23H24N2O7S/c1-29-15-11-14(12-16-22(15)32-13-31-16)19-18(20(26)17-3-2-10-33-17)21(27)23(28)25(19)5-4-24-6-8-30-9-7-24/h2-3,10-12,19,27H,4-9,13H2,1H3/t19-/m1/s1. The van der Waals surface area contributed by atoms with Gasteiger partial charge in [0, 0.05) is 26.2 Å². The van der Waals surface area contributed by atoms with Gasteiger partial charge in [0.15, 0.2) is 17.3 Å². The molecule has 174 valence electrons. The highest BCUT2D eigenvalue weighted by Gasteiger charge is 2.44. The van der Waals surface area contributed by atoms with E-state index >= 15 is 0 Å². The van der Waals surface area contributed by atoms with Crippen LogP contribution in [0.2, 0.25) is 0 Å². The van der Waals surface area contributed by atoms with Crippen molar-refractivity contribution in [2.24, 2.45) is 0 Å². The molecule has 10 heteroatoms. The van der Waals surface area contributed by atoms with Crippen molar-refractivity contribution in [3.05, 3.63) is 51.4 Å². The van der Waals surface area contributed by atoms with E-state index in [2.05, 4.69) is 4.90 Å². The Morgan fingerprint density at radius 2 is 2.06 bits per heavy atom. The molecule has 5 rings (SSSR count). The topological polar surface area (TPSA) is 97.8 Å². The maximum atomic E-state index is 13.4. The summed E-state index contributed by atoms with van der Waals surface area (Å²) in [4.78, 5) is 30.8. The Labute approximate surface area is 194 Å². The number of hydrogen-bond donors (Lipinski definition) is 1. The molecule has 0 aliphatic carbocycles. The minimum atomic E-state index is -0.781. The second-order valence-corrected chi connectivity index (χ2v) is 8.83. The minimum absolute atomic E-state index is 0.0571. The SMILES string of the molecule is COc1cc([C@@H]2C(C(=O)c3cccs3)=C(O)C(=O)N2CCN2CCOCC2)cc2c1OCO2. The number of ether oxygens (including phenoxy) is 4. The van der Waals surface area contributed by atoms with Crippen molar-refractivity contribution in [3.8, 4) is 17.2 Å². The van der Waals surface area contributed by atoms with Crippen molar-refractivity contribution in [2.75, 3.05) is 53.3 Å². The third-order valence-corrected chi connectivity index (χ3v) is 6.92. The lowest BCUT2D eigenvalue weighted by Gasteiger charge is -2.31. The molecule has 0 radical (unpaired) electrons. The number of carbonyl (C=O) groups is 2. The van der Waals surface area contributed by atoms with Gasteiger partial charge >= 0.3 is 0 Å². The first-order chi connectivity index (χ1) is 16.1. The third kappa shape index (κ3) is 3.94. The lowest BCUT2D eigenvalue weighted by atomic mass is 9.94. The summed E-state index contributed by atoms with van der Waals surface area (Å²) in [5, 5.41) is 12.6. The normalized spacial score (nSPS) is 20.6. The van der Waals surface area contributed by atoms with Gasteiger partial charge in [-0.25, -0.2) is 0 Å². The fourth-order valence-corrected chi connectivity index (χ4v) is 5.06. The van der Waals surface area contributed by atoms with Crippen LogP contribution < -0.4 is 14.2 Å². The monoisotopic (exact) mass is 472 g/mol. The molecule has 1 amide bonds. The molecule has 1 aromatic heterocycles. The lowest BCUT2D eigenvalue weighted by molar-refractivity contribution is -0.129. The highest BCUT2D eigenvalue weighted by molar-refractivity contribution is 7.12. The number of amides is 1. The van der Waals surface area contributed by atoms with Gasteiger partial charge in [0.1, 0.15) is 0 Å². The van der Waals surface area contributed by atoms with Crippen LogP contribution in [-0.2, 0) is 9.53 Å². The molecule has 4 heterocycles. The summed E-state index contributed by atoms with van der Waals surface area (Å²) >= 11 is 1.27. The number of Topliss-reactive ketones (excluding diaryl/α,β-unsaturated/α-hetero) is 1. The predicted molar refractivity (Wildman–Crippen MR) is 119 cm³/mol. The predicted octanol–water partition coefficient (Wildman–Crippen LogP) is 2.40. The fourth-order valence-electron chi connectivity index (χ4n) is 4.38. The van der Waals surface area contributed by atoms with E-state index in [9.17, 15) is 14.7 Å². The number of aliphatic hydroxyl groups is 1. The maximum Gasteiger partial charge on any atom is 0.290 e. The molecule has 3 aliphatic heterocycles. The Morgan fingerprint density at radius 1 is 1.24 bits per heavy atom. The van der Waals surface area contributed by atoms with E-state index in [1.165, 1.54) is 18.4 Å². The average molecular weight is 473 g/mol. The van der Waals surface area contributed by atoms with Gasteiger partial charge in [0.2, 0.25) is 18.3 Å². The molecule has 0 spiro atoms. The van der Waals surface area contributed by atoms with E-state index in [4.69, 9.17) is 18.9 Å². The van der Waals surface area contributed by atoms with Gasteiger partial charge < -0.3 is 29.0 Å². The highest BCUT2D eigenvalue weighted by Crippen LogP contribution is 2.47. The zero-order chi connectivity index (χ0) is 22.9. The van der Waals surface area contributed by atoms with Crippen molar-refractivity contribution < 1.29 is 33.6 Å². The molecule has 33 heavy (non-hydrogen) atoms. The summed E-state index contributed by atoms with van der Waals surface area (Å²) < 4.78 is 21.9. The molecule has 0 saturated carbocycles. The third-order valence-electron chi connectivity index (χ3n) is 6.05. The zero-order valence-electron chi connectivity index (χ0n) is 18.1. The number of thiophene rings is 1. The molecule has 1 fully saturated rings. The van der Waals surface area contributed by atoms with Crippen LogP contribution in [-0.4, -0.2) is 79.9 Å². The number of ketones is 1. The van der Waals surface area contributed by atoms with Crippen molar-refractivity contribution in [2.45, 2.75) is 6.04 Å². The first-order valence-corrected chi connectivity index (χ1v) is 11.6. The molecule has 1 aromatic carbocycles. The molecule has 0 unspecified atom stereocenters. The van der Waals surface area contributed by atoms with E-state index in [0.717, 1.165) is 13.1 Å². The molecule has 1 atom stereocenters. The Hall–Kier alpha value is -3.08. The van der Waals surface area contributed by atoms with Gasteiger partial charge in [0.25, 0.3) is 5.91 Å². The molecule has 3 aliphatic rings. The average Bonchev–Trinajstić information content (AvgIpc) is 3.58. The van der Waals surface area contributed by atoms with Crippen molar-refractivity contribution >= 4 is 23.0 Å². The second-order valence-electron chi connectivity index (χ2n) is 7.88. The Balaban J connectivity index is 1.54. The van der Waals surface area contributed by atoms with Crippen LogP contribution in [0, 0.1) is 0 Å². The van der Waals surface area contributed by atoms with Crippen LogP contribution in [0.1, 0.15) is 21.3 Å². The highest BCUT2D eigenvalue weighted by atomic mass is 32.1. The van der Waals surface area contributed by atoms with Crippen LogP contribution in [0.5, 0.6) is 17.2 Å². The number of nitrogens with zero attached hydrogens (tertiary/aromatic N) is 2. The van der Waals surface area contributed by atoms with Crippen LogP contribution in [0.4, 0.5) is 0 Å². The molecule has 1 saturated heterocycles. The van der Waals surface area contributed by atoms with Gasteiger partial charge in [-0.3, -0.25) is 14.5 Å². The molecular weight excluding hydrogens is 448 g/mol. The summed E-state index contributed by atoms with van der Waals surface area (Å²) in [6.45, 7) is 3.81. The number of morpholine rings is 1. The van der Waals surface area contributed by atoms with Gasteiger partial charge in [-0.15, -0.1) is 11.3 Å². The van der Waals surface area contributed by atoms with Gasteiger partial charge in [-0.2, -0.15) is 0 Å². The van der Waals surface area contributed by atoms with E-state index in [0.29, 0.717) is 54.0 Å². The van der Waals surface area contributed by atoms with E-state index in [1.807, 2.05) is 0 Å². The molecule has 0 bridgehead atoms. The Bertz CT molecular complexity index is 1090. The van der Waals surface area contributed by atoms with E-state index in [1.54, 1.807) is 34.5 Å². The van der Waals surface area contributed by atoms with Crippen LogP contribution in [0.25, 0.3) is 0 Å². The van der Waals surface area contributed by atoms with E-state index < -0.39 is 17.7 Å². The van der Waals surface area contributed by atoms with Gasteiger partial charge in [-0.1, -0.05) is 6.07 Å². The van der Waals surface area contributed by atoms with Crippen LogP contribution in [0.3, 0.4) is 0 Å². The Morgan fingerprint density at radius 3 is 2.79 bits per heavy atom. The lowest BCUT2D eigenvalue weighted by Crippen LogP contribution is -2.43. The summed E-state index contributed by atoms with van der Waals surface area (Å²) in [7, 11) is 1.52. The van der Waals surface area contributed by atoms with Crippen LogP contribution >= 0.6 is 11.3 Å². The second kappa shape index (κ2) is 9.05. The number of fused-ring (bicyclic) bond motifs is 1. The number of carbonyl (C=O) groups excluding carboxylic acids is 2. The minimum Gasteiger partial charge on any atom is -0.503 e. The molecule has 1 N–H and O–H groups in total. The van der Waals surface area contributed by atoms with Crippen LogP contribution in [0.15, 0.2) is 41.0 Å². The van der Waals surface area contributed by atoms with E-state index in [-0.39, 0.29) is 18.1 Å². The fraction of sp³-hybridized carbons (Fsp3) is 0.391. The van der Waals surface area contributed by atoms with Crippen molar-refractivity contribution in [1.82, 2.24) is 9.80 Å². The molecule has 9 nitrogen and oxygen atoms in total. The summed E-state index contributed by atoms with van der Waals surface area (Å²) in [5.74, 6) is -0.0629. The van der Waals surface area contributed by atoms with Gasteiger partial charge in [0.05, 0.1) is 36.8 Å². The zero-order valence-corrected chi connectivity index (χ0v) is 18.9. The quantitative estimate of drug-likeness (QED) is 0.614. The number of methoxy groups -OCH3 is 1. The first kappa shape index (κ1) is 21.7. The first-order valence-electron chi connectivity index (χ1n) is 10.7. The number of benzene rings is 1. The Kier molecular flexibility index (Phi) is 5.96. The molecular formula is C23H24N2O7S. The summed E-state index contributed by atoms with van der Waals surface area (Å²) in [5.41, 5.74) is 0.667. The summed E-state index contributed by atoms with van der Waals surface area (Å²) in [6.07, 6.45) is 0. The number of rotatable bonds is 7. The smallest absolute Gasteiger partial charge is 0.290 e. The van der Waals surface area contributed by atoms with Gasteiger partial charge in [-0.05, 0) is 29.1 Å². The molecule has 2 aromatic rings. The maximum absolute atomic E-state index is 13.4.